The summed E-state index contributed by atoms with van der Waals surface area (Å²) >= 11 is 0. The lowest BCUT2D eigenvalue weighted by Crippen LogP contribution is -2.34. The molecule has 2 aromatic rings. The number of rotatable bonds is 4. The summed E-state index contributed by atoms with van der Waals surface area (Å²) in [5.74, 6) is -0.222. The van der Waals surface area contributed by atoms with E-state index in [-0.39, 0.29) is 30.7 Å². The molecule has 1 aliphatic carbocycles. The molecule has 0 radical (unpaired) electrons. The van der Waals surface area contributed by atoms with Crippen LogP contribution in [0, 0.1) is 0 Å². The van der Waals surface area contributed by atoms with E-state index in [2.05, 4.69) is 5.32 Å². The molecule has 1 spiro atoms. The number of imide groups is 1. The molecule has 5 rings (SSSR count). The van der Waals surface area contributed by atoms with Crippen molar-refractivity contribution < 1.29 is 23.9 Å². The van der Waals surface area contributed by atoms with Gasteiger partial charge in [-0.1, -0.05) is 12.1 Å². The summed E-state index contributed by atoms with van der Waals surface area (Å²) in [6.07, 6.45) is 3.90. The van der Waals surface area contributed by atoms with E-state index >= 15 is 0 Å². The van der Waals surface area contributed by atoms with Crippen molar-refractivity contribution in [3.63, 3.8) is 0 Å². The fourth-order valence-corrected chi connectivity index (χ4v) is 4.17. The number of ether oxygens (including phenoxy) is 2. The maximum absolute atomic E-state index is 12.4. The number of hydrogen-bond acceptors (Lipinski definition) is 5. The number of anilines is 1. The van der Waals surface area contributed by atoms with E-state index in [1.807, 2.05) is 0 Å². The van der Waals surface area contributed by atoms with Gasteiger partial charge in [0.1, 0.15) is 0 Å². The zero-order valence-corrected chi connectivity index (χ0v) is 15.8. The minimum absolute atomic E-state index is 0.0177. The van der Waals surface area contributed by atoms with Gasteiger partial charge in [-0.15, -0.1) is 0 Å². The molecule has 3 aliphatic rings. The molecule has 0 atom stereocenters. The van der Waals surface area contributed by atoms with E-state index in [9.17, 15) is 14.4 Å². The summed E-state index contributed by atoms with van der Waals surface area (Å²) in [6, 6.07) is 12.0. The first kappa shape index (κ1) is 17.7. The van der Waals surface area contributed by atoms with Crippen LogP contribution in [0.1, 0.15) is 52.8 Å². The lowest BCUT2D eigenvalue weighted by molar-refractivity contribution is -0.116. The second-order valence-electron chi connectivity index (χ2n) is 7.59. The minimum Gasteiger partial charge on any atom is -0.448 e. The van der Waals surface area contributed by atoms with Crippen molar-refractivity contribution in [2.24, 2.45) is 0 Å². The largest absolute Gasteiger partial charge is 0.448 e. The molecule has 148 valence electrons. The standard InChI is InChI=1S/C22H20N2O5/c25-19(9-12-24-20(26)15-5-1-2-6-16(15)21(24)27)23-14-7-8-17-18(13-14)29-22(28-17)10-3-4-11-22/h1-2,5-8,13H,3-4,9-12H2,(H,23,25). The Kier molecular flexibility index (Phi) is 4.04. The lowest BCUT2D eigenvalue weighted by atomic mass is 10.1. The van der Waals surface area contributed by atoms with Crippen LogP contribution in [0.5, 0.6) is 11.5 Å². The topological polar surface area (TPSA) is 84.9 Å². The molecule has 0 aromatic heterocycles. The number of carbonyl (C=O) groups excluding carboxylic acids is 3. The summed E-state index contributed by atoms with van der Waals surface area (Å²) in [4.78, 5) is 38.2. The fourth-order valence-electron chi connectivity index (χ4n) is 4.17. The van der Waals surface area contributed by atoms with Crippen molar-refractivity contribution >= 4 is 23.4 Å². The Morgan fingerprint density at radius 1 is 0.966 bits per heavy atom. The molecule has 1 N–H and O–H groups in total. The van der Waals surface area contributed by atoms with Crippen LogP contribution in [0.2, 0.25) is 0 Å². The zero-order valence-electron chi connectivity index (χ0n) is 15.8. The summed E-state index contributed by atoms with van der Waals surface area (Å²) in [7, 11) is 0. The molecule has 7 heteroatoms. The van der Waals surface area contributed by atoms with Gasteiger partial charge in [-0.25, -0.2) is 0 Å². The Morgan fingerprint density at radius 3 is 2.31 bits per heavy atom. The van der Waals surface area contributed by atoms with Crippen LogP contribution in [0.4, 0.5) is 5.69 Å². The smallest absolute Gasteiger partial charge is 0.261 e. The van der Waals surface area contributed by atoms with E-state index in [1.54, 1.807) is 42.5 Å². The number of benzene rings is 2. The summed E-state index contributed by atoms with van der Waals surface area (Å²) in [6.45, 7) is 0.0336. The number of amides is 3. The fraction of sp³-hybridized carbons (Fsp3) is 0.318. The third kappa shape index (κ3) is 3.03. The third-order valence-electron chi connectivity index (χ3n) is 5.63. The Bertz CT molecular complexity index is 991. The highest BCUT2D eigenvalue weighted by Crippen LogP contribution is 2.47. The number of carbonyl (C=O) groups is 3. The molecule has 29 heavy (non-hydrogen) atoms. The summed E-state index contributed by atoms with van der Waals surface area (Å²) in [5, 5.41) is 2.80. The Morgan fingerprint density at radius 2 is 1.62 bits per heavy atom. The quantitative estimate of drug-likeness (QED) is 0.807. The Labute approximate surface area is 167 Å². The van der Waals surface area contributed by atoms with E-state index in [0.717, 1.165) is 30.6 Å². The summed E-state index contributed by atoms with van der Waals surface area (Å²) < 4.78 is 12.0. The van der Waals surface area contributed by atoms with E-state index in [0.29, 0.717) is 28.3 Å². The van der Waals surface area contributed by atoms with Crippen molar-refractivity contribution in [2.45, 2.75) is 37.9 Å². The first-order valence-electron chi connectivity index (χ1n) is 9.82. The first-order valence-corrected chi connectivity index (χ1v) is 9.82. The molecule has 2 aromatic carbocycles. The monoisotopic (exact) mass is 392 g/mol. The molecule has 1 fully saturated rings. The second-order valence-corrected chi connectivity index (χ2v) is 7.59. The molecule has 3 amide bonds. The average molecular weight is 392 g/mol. The van der Waals surface area contributed by atoms with Gasteiger partial charge in [0, 0.05) is 37.6 Å². The Hall–Kier alpha value is -3.35. The van der Waals surface area contributed by atoms with Crippen molar-refractivity contribution in [3.05, 3.63) is 53.6 Å². The van der Waals surface area contributed by atoms with Crippen LogP contribution in [0.15, 0.2) is 42.5 Å². The molecule has 2 heterocycles. The molecular formula is C22H20N2O5. The van der Waals surface area contributed by atoms with Crippen LogP contribution in [-0.2, 0) is 4.79 Å². The highest BCUT2D eigenvalue weighted by atomic mass is 16.7. The highest BCUT2D eigenvalue weighted by Gasteiger charge is 2.44. The normalized spacial score (nSPS) is 18.4. The highest BCUT2D eigenvalue weighted by molar-refractivity contribution is 6.21. The van der Waals surface area contributed by atoms with Gasteiger partial charge in [0.05, 0.1) is 11.1 Å². The predicted molar refractivity (Wildman–Crippen MR) is 104 cm³/mol. The first-order chi connectivity index (χ1) is 14.0. The summed E-state index contributed by atoms with van der Waals surface area (Å²) in [5.41, 5.74) is 1.36. The number of hydrogen-bond donors (Lipinski definition) is 1. The maximum atomic E-state index is 12.4. The van der Waals surface area contributed by atoms with Crippen LogP contribution >= 0.6 is 0 Å². The molecule has 0 unspecified atom stereocenters. The van der Waals surface area contributed by atoms with Gasteiger partial charge in [-0.2, -0.15) is 0 Å². The predicted octanol–water partition coefficient (Wildman–Crippen LogP) is 3.35. The zero-order chi connectivity index (χ0) is 20.0. The second kappa shape index (κ2) is 6.62. The van der Waals surface area contributed by atoms with Gasteiger partial charge in [-0.3, -0.25) is 19.3 Å². The molecule has 1 saturated carbocycles. The third-order valence-corrected chi connectivity index (χ3v) is 5.63. The van der Waals surface area contributed by atoms with Gasteiger partial charge < -0.3 is 14.8 Å². The Balaban J connectivity index is 1.21. The van der Waals surface area contributed by atoms with Crippen LogP contribution in [0.25, 0.3) is 0 Å². The lowest BCUT2D eigenvalue weighted by Gasteiger charge is -2.21. The number of nitrogens with zero attached hydrogens (tertiary/aromatic N) is 1. The van der Waals surface area contributed by atoms with Gasteiger partial charge in [0.2, 0.25) is 5.91 Å². The van der Waals surface area contributed by atoms with Crippen LogP contribution in [0.3, 0.4) is 0 Å². The van der Waals surface area contributed by atoms with Crippen molar-refractivity contribution in [1.82, 2.24) is 4.90 Å². The van der Waals surface area contributed by atoms with E-state index < -0.39 is 5.79 Å². The molecule has 7 nitrogen and oxygen atoms in total. The number of nitrogens with one attached hydrogen (secondary N) is 1. The maximum Gasteiger partial charge on any atom is 0.261 e. The average Bonchev–Trinajstić information content (AvgIpc) is 3.38. The molecule has 0 bridgehead atoms. The van der Waals surface area contributed by atoms with Crippen molar-refractivity contribution in [3.8, 4) is 11.5 Å². The van der Waals surface area contributed by atoms with E-state index in [4.69, 9.17) is 9.47 Å². The SMILES string of the molecule is O=C(CCN1C(=O)c2ccccc2C1=O)Nc1ccc2c(c1)OC1(CCCC1)O2. The van der Waals surface area contributed by atoms with E-state index in [1.165, 1.54) is 0 Å². The van der Waals surface area contributed by atoms with Crippen molar-refractivity contribution in [1.29, 1.82) is 0 Å². The minimum atomic E-state index is -0.545. The van der Waals surface area contributed by atoms with Gasteiger partial charge in [0.15, 0.2) is 11.5 Å². The number of fused-ring (bicyclic) bond motifs is 2. The van der Waals surface area contributed by atoms with Crippen LogP contribution in [-0.4, -0.2) is 35.0 Å². The molecular weight excluding hydrogens is 372 g/mol. The molecule has 0 saturated heterocycles. The van der Waals surface area contributed by atoms with Gasteiger partial charge >= 0.3 is 0 Å². The van der Waals surface area contributed by atoms with Gasteiger partial charge in [0.25, 0.3) is 17.6 Å². The van der Waals surface area contributed by atoms with Gasteiger partial charge in [-0.05, 0) is 37.1 Å². The van der Waals surface area contributed by atoms with Crippen molar-refractivity contribution in [2.75, 3.05) is 11.9 Å². The molecule has 2 aliphatic heterocycles. The van der Waals surface area contributed by atoms with Crippen LogP contribution < -0.4 is 14.8 Å².